The predicted octanol–water partition coefficient (Wildman–Crippen LogP) is 4.35. The zero-order valence-corrected chi connectivity index (χ0v) is 16.7. The number of hydrogen-bond acceptors (Lipinski definition) is 5. The van der Waals surface area contributed by atoms with Crippen LogP contribution in [0.1, 0.15) is 46.5 Å². The van der Waals surface area contributed by atoms with Crippen LogP contribution in [0.3, 0.4) is 0 Å². The summed E-state index contributed by atoms with van der Waals surface area (Å²) < 4.78 is 19.8. The van der Waals surface area contributed by atoms with E-state index in [4.69, 9.17) is 4.74 Å². The van der Waals surface area contributed by atoms with Crippen molar-refractivity contribution in [1.82, 2.24) is 4.90 Å². The number of nitro groups is 1. The molecule has 7 nitrogen and oxygen atoms in total. The van der Waals surface area contributed by atoms with Crippen LogP contribution in [-0.2, 0) is 4.74 Å². The summed E-state index contributed by atoms with van der Waals surface area (Å²) in [7, 11) is 0. The van der Waals surface area contributed by atoms with Crippen molar-refractivity contribution in [2.75, 3.05) is 31.1 Å². The molecular formula is C20H28FN3O4. The zero-order valence-electron chi connectivity index (χ0n) is 16.7. The molecular weight excluding hydrogens is 365 g/mol. The molecule has 1 aromatic carbocycles. The van der Waals surface area contributed by atoms with Crippen LogP contribution in [0.4, 0.5) is 20.6 Å². The number of carbonyl (C=O) groups is 1. The third-order valence-electron chi connectivity index (χ3n) is 5.78. The number of halogens is 1. The van der Waals surface area contributed by atoms with Crippen molar-refractivity contribution in [2.24, 2.45) is 5.41 Å². The molecule has 1 spiro atoms. The molecule has 0 N–H and O–H groups in total. The molecule has 154 valence electrons. The maximum atomic E-state index is 14.3. The van der Waals surface area contributed by atoms with Crippen molar-refractivity contribution in [3.05, 3.63) is 34.1 Å². The summed E-state index contributed by atoms with van der Waals surface area (Å²) in [5.41, 5.74) is -0.130. The van der Waals surface area contributed by atoms with Crippen molar-refractivity contribution >= 4 is 17.5 Å². The first kappa shape index (κ1) is 20.4. The Morgan fingerprint density at radius 3 is 2.21 bits per heavy atom. The zero-order chi connectivity index (χ0) is 20.5. The molecule has 2 aliphatic heterocycles. The minimum Gasteiger partial charge on any atom is -0.444 e. The Morgan fingerprint density at radius 1 is 1.14 bits per heavy atom. The third kappa shape index (κ3) is 4.54. The van der Waals surface area contributed by atoms with E-state index in [1.807, 2.05) is 25.7 Å². The van der Waals surface area contributed by atoms with Gasteiger partial charge in [-0.3, -0.25) is 10.1 Å². The fourth-order valence-electron chi connectivity index (χ4n) is 4.08. The minimum atomic E-state index is -0.587. The second-order valence-corrected chi connectivity index (χ2v) is 8.85. The molecule has 0 aromatic heterocycles. The molecule has 2 aliphatic rings. The number of anilines is 1. The monoisotopic (exact) mass is 393 g/mol. The van der Waals surface area contributed by atoms with Crippen LogP contribution in [-0.4, -0.2) is 47.7 Å². The molecule has 0 saturated carbocycles. The van der Waals surface area contributed by atoms with Gasteiger partial charge in [-0.15, -0.1) is 0 Å². The third-order valence-corrected chi connectivity index (χ3v) is 5.78. The summed E-state index contributed by atoms with van der Waals surface area (Å²) in [6, 6.07) is 3.83. The van der Waals surface area contributed by atoms with Crippen molar-refractivity contribution in [3.8, 4) is 0 Å². The Hall–Kier alpha value is -2.38. The average molecular weight is 393 g/mol. The highest BCUT2D eigenvalue weighted by atomic mass is 19.1. The molecule has 2 fully saturated rings. The largest absolute Gasteiger partial charge is 0.444 e. The molecule has 0 aliphatic carbocycles. The lowest BCUT2D eigenvalue weighted by molar-refractivity contribution is -0.385. The number of non-ortho nitro benzene ring substituents is 1. The molecule has 2 saturated heterocycles. The number of piperidine rings is 2. The number of ether oxygens (including phenoxy) is 1. The van der Waals surface area contributed by atoms with Gasteiger partial charge < -0.3 is 14.5 Å². The quantitative estimate of drug-likeness (QED) is 0.551. The van der Waals surface area contributed by atoms with Crippen molar-refractivity contribution in [3.63, 3.8) is 0 Å². The van der Waals surface area contributed by atoms with E-state index < -0.39 is 16.3 Å². The van der Waals surface area contributed by atoms with E-state index in [1.54, 1.807) is 4.90 Å². The highest BCUT2D eigenvalue weighted by molar-refractivity contribution is 5.68. The molecule has 8 heteroatoms. The van der Waals surface area contributed by atoms with Gasteiger partial charge in [0.2, 0.25) is 0 Å². The van der Waals surface area contributed by atoms with Gasteiger partial charge in [0.15, 0.2) is 5.82 Å². The molecule has 0 unspecified atom stereocenters. The summed E-state index contributed by atoms with van der Waals surface area (Å²) in [6.45, 7) is 8.38. The number of rotatable bonds is 2. The minimum absolute atomic E-state index is 0.173. The Labute approximate surface area is 164 Å². The Balaban J connectivity index is 1.56. The van der Waals surface area contributed by atoms with E-state index in [1.165, 1.54) is 12.1 Å². The number of likely N-dealkylation sites (tertiary alicyclic amines) is 1. The van der Waals surface area contributed by atoms with Crippen LogP contribution in [0.15, 0.2) is 18.2 Å². The first-order valence-corrected chi connectivity index (χ1v) is 9.75. The Kier molecular flexibility index (Phi) is 5.50. The number of nitrogens with zero attached hydrogens (tertiary/aromatic N) is 3. The van der Waals surface area contributed by atoms with E-state index in [2.05, 4.69) is 0 Å². The lowest BCUT2D eigenvalue weighted by atomic mass is 9.71. The van der Waals surface area contributed by atoms with E-state index in [0.717, 1.165) is 31.7 Å². The van der Waals surface area contributed by atoms with Crippen LogP contribution in [0, 0.1) is 21.3 Å². The standard InChI is InChI=1S/C20H28FN3O4/c1-19(2,3)28-18(25)23-12-8-20(9-13-23)6-10-22(11-7-20)17-5-4-15(24(26)27)14-16(17)21/h4-5,14H,6-13H2,1-3H3. The Bertz CT molecular complexity index is 744. The highest BCUT2D eigenvalue weighted by Gasteiger charge is 2.39. The molecule has 1 aromatic rings. The SMILES string of the molecule is CC(C)(C)OC(=O)N1CCC2(CC1)CCN(c1ccc([N+](=O)[O-])cc1F)CC2. The highest BCUT2D eigenvalue weighted by Crippen LogP contribution is 2.42. The van der Waals surface area contributed by atoms with Gasteiger partial charge in [0.1, 0.15) is 5.60 Å². The molecule has 0 bridgehead atoms. The summed E-state index contributed by atoms with van der Waals surface area (Å²) in [5.74, 6) is -0.551. The molecule has 1 amide bonds. The van der Waals surface area contributed by atoms with Gasteiger partial charge in [-0.1, -0.05) is 0 Å². The normalized spacial score (nSPS) is 19.6. The van der Waals surface area contributed by atoms with E-state index in [0.29, 0.717) is 31.9 Å². The van der Waals surface area contributed by atoms with Gasteiger partial charge in [-0.2, -0.15) is 0 Å². The van der Waals surface area contributed by atoms with Gasteiger partial charge in [-0.05, 0) is 57.9 Å². The van der Waals surface area contributed by atoms with Crippen LogP contribution in [0.25, 0.3) is 0 Å². The summed E-state index contributed by atoms with van der Waals surface area (Å²) in [4.78, 5) is 26.2. The summed E-state index contributed by atoms with van der Waals surface area (Å²) >= 11 is 0. The topological polar surface area (TPSA) is 75.9 Å². The maximum absolute atomic E-state index is 14.3. The van der Waals surface area contributed by atoms with Gasteiger partial charge >= 0.3 is 6.09 Å². The van der Waals surface area contributed by atoms with Crippen LogP contribution >= 0.6 is 0 Å². The first-order chi connectivity index (χ1) is 13.1. The molecule has 28 heavy (non-hydrogen) atoms. The molecule has 2 heterocycles. The van der Waals surface area contributed by atoms with Crippen molar-refractivity contribution in [2.45, 2.75) is 52.1 Å². The lowest BCUT2D eigenvalue weighted by Gasteiger charge is -2.47. The smallest absolute Gasteiger partial charge is 0.410 e. The summed E-state index contributed by atoms with van der Waals surface area (Å²) in [5, 5.41) is 10.8. The van der Waals surface area contributed by atoms with E-state index in [-0.39, 0.29) is 17.2 Å². The second-order valence-electron chi connectivity index (χ2n) is 8.85. The number of carbonyl (C=O) groups excluding carboxylic acids is 1. The number of amides is 1. The number of benzene rings is 1. The molecule has 0 radical (unpaired) electrons. The predicted molar refractivity (Wildman–Crippen MR) is 104 cm³/mol. The maximum Gasteiger partial charge on any atom is 0.410 e. The van der Waals surface area contributed by atoms with Crippen molar-refractivity contribution < 1.29 is 18.8 Å². The van der Waals surface area contributed by atoms with Crippen molar-refractivity contribution in [1.29, 1.82) is 0 Å². The molecule has 0 atom stereocenters. The van der Waals surface area contributed by atoms with Gasteiger partial charge in [-0.25, -0.2) is 9.18 Å². The number of hydrogen-bond donors (Lipinski definition) is 0. The molecule has 3 rings (SSSR count). The van der Waals surface area contributed by atoms with Gasteiger partial charge in [0.25, 0.3) is 5.69 Å². The Morgan fingerprint density at radius 2 is 1.71 bits per heavy atom. The first-order valence-electron chi connectivity index (χ1n) is 9.75. The average Bonchev–Trinajstić information content (AvgIpc) is 2.62. The fourth-order valence-corrected chi connectivity index (χ4v) is 4.08. The van der Waals surface area contributed by atoms with Gasteiger partial charge in [0, 0.05) is 32.2 Å². The van der Waals surface area contributed by atoms with Crippen LogP contribution < -0.4 is 4.90 Å². The lowest BCUT2D eigenvalue weighted by Crippen LogP contribution is -2.49. The van der Waals surface area contributed by atoms with Gasteiger partial charge in [0.05, 0.1) is 16.7 Å². The summed E-state index contributed by atoms with van der Waals surface area (Å²) in [6.07, 6.45) is 3.43. The van der Waals surface area contributed by atoms with Crippen LogP contribution in [0.5, 0.6) is 0 Å². The van der Waals surface area contributed by atoms with E-state index in [9.17, 15) is 19.3 Å². The van der Waals surface area contributed by atoms with E-state index >= 15 is 0 Å². The second kappa shape index (κ2) is 7.56. The van der Waals surface area contributed by atoms with Crippen LogP contribution in [0.2, 0.25) is 0 Å². The fraction of sp³-hybridized carbons (Fsp3) is 0.650. The number of nitro benzene ring substituents is 1.